The van der Waals surface area contributed by atoms with Gasteiger partial charge in [0.25, 0.3) is 0 Å². The number of hydrogen-bond acceptors (Lipinski definition) is 3. The van der Waals surface area contributed by atoms with E-state index in [-0.39, 0.29) is 0 Å². The number of nitrogens with one attached hydrogen (secondary N) is 1. The summed E-state index contributed by atoms with van der Waals surface area (Å²) in [5.74, 6) is 0. The van der Waals surface area contributed by atoms with Crippen molar-refractivity contribution >= 4 is 17.9 Å². The highest BCUT2D eigenvalue weighted by Gasteiger charge is 2.21. The van der Waals surface area contributed by atoms with Crippen molar-refractivity contribution in [3.8, 4) is 0 Å². The predicted octanol–water partition coefficient (Wildman–Crippen LogP) is 2.45. The van der Waals surface area contributed by atoms with E-state index in [2.05, 4.69) is 10.1 Å². The Morgan fingerprint density at radius 2 is 1.76 bits per heavy atom. The first-order valence-electron chi connectivity index (χ1n) is 5.58. The molecule has 0 unspecified atom stereocenters. The molecule has 0 spiro atoms. The van der Waals surface area contributed by atoms with E-state index in [0.717, 1.165) is 12.8 Å². The zero-order valence-electron chi connectivity index (χ0n) is 9.39. The van der Waals surface area contributed by atoms with Gasteiger partial charge in [-0.3, -0.25) is 5.32 Å². The van der Waals surface area contributed by atoms with Crippen LogP contribution in [0.2, 0.25) is 0 Å². The Balaban J connectivity index is 1.83. The third-order valence-electron chi connectivity index (χ3n) is 2.56. The summed E-state index contributed by atoms with van der Waals surface area (Å²) in [6, 6.07) is 8.87. The molecule has 1 heterocycles. The minimum Gasteiger partial charge on any atom is -0.359 e. The maximum atomic E-state index is 11.5. The van der Waals surface area contributed by atoms with Crippen molar-refractivity contribution in [3.05, 3.63) is 30.3 Å². The van der Waals surface area contributed by atoms with Crippen LogP contribution in [0, 0.1) is 0 Å². The molecule has 0 bridgehead atoms. The second-order valence-electron chi connectivity index (χ2n) is 3.84. The van der Waals surface area contributed by atoms with Gasteiger partial charge in [0.1, 0.15) is 0 Å². The van der Waals surface area contributed by atoms with Gasteiger partial charge in [-0.25, -0.2) is 9.59 Å². The van der Waals surface area contributed by atoms with Gasteiger partial charge in [-0.15, -0.1) is 0 Å². The van der Waals surface area contributed by atoms with E-state index in [4.69, 9.17) is 0 Å². The molecule has 1 aromatic carbocycles. The highest BCUT2D eigenvalue weighted by Crippen LogP contribution is 2.10. The molecule has 1 fully saturated rings. The molecule has 90 valence electrons. The lowest BCUT2D eigenvalue weighted by Gasteiger charge is -2.14. The maximum absolute atomic E-state index is 11.5. The molecule has 1 aromatic rings. The molecule has 0 aromatic heterocycles. The lowest BCUT2D eigenvalue weighted by atomic mass is 10.3. The molecule has 0 aliphatic carbocycles. The number of carbonyl (C=O) groups excluding carboxylic acids is 2. The van der Waals surface area contributed by atoms with E-state index in [1.165, 1.54) is 4.90 Å². The highest BCUT2D eigenvalue weighted by molar-refractivity contribution is 5.92. The lowest BCUT2D eigenvalue weighted by Crippen LogP contribution is -2.31. The lowest BCUT2D eigenvalue weighted by molar-refractivity contribution is 0.132. The number of amides is 2. The van der Waals surface area contributed by atoms with Crippen LogP contribution in [0.4, 0.5) is 15.3 Å². The number of hydrogen-bond donors (Lipinski definition) is 1. The van der Waals surface area contributed by atoms with Crippen LogP contribution < -0.4 is 5.32 Å². The Bertz CT molecular complexity index is 399. The first-order valence-corrected chi connectivity index (χ1v) is 5.58. The van der Waals surface area contributed by atoms with Crippen LogP contribution >= 0.6 is 0 Å². The largest absolute Gasteiger partial charge is 0.420 e. The van der Waals surface area contributed by atoms with Gasteiger partial charge in [0.15, 0.2) is 0 Å². The van der Waals surface area contributed by atoms with Crippen molar-refractivity contribution in [2.45, 2.75) is 12.8 Å². The van der Waals surface area contributed by atoms with Crippen LogP contribution in [-0.2, 0) is 4.74 Å². The number of likely N-dealkylation sites (tertiary alicyclic amines) is 1. The molecule has 5 heteroatoms. The van der Waals surface area contributed by atoms with Crippen LogP contribution in [0.5, 0.6) is 0 Å². The van der Waals surface area contributed by atoms with E-state index >= 15 is 0 Å². The van der Waals surface area contributed by atoms with Crippen molar-refractivity contribution in [3.63, 3.8) is 0 Å². The molecular weight excluding hydrogens is 220 g/mol. The molecule has 2 rings (SSSR count). The molecule has 2 amide bonds. The van der Waals surface area contributed by atoms with E-state index in [1.54, 1.807) is 24.3 Å². The molecular formula is C12H14N2O3. The monoisotopic (exact) mass is 234 g/mol. The average molecular weight is 234 g/mol. The summed E-state index contributed by atoms with van der Waals surface area (Å²) in [6.45, 7) is 1.33. The van der Waals surface area contributed by atoms with Gasteiger partial charge in [0, 0.05) is 18.8 Å². The van der Waals surface area contributed by atoms with Crippen molar-refractivity contribution in [1.82, 2.24) is 4.90 Å². The Morgan fingerprint density at radius 3 is 2.41 bits per heavy atom. The average Bonchev–Trinajstić information content (AvgIpc) is 2.83. The van der Waals surface area contributed by atoms with Crippen molar-refractivity contribution in [1.29, 1.82) is 0 Å². The number of ether oxygens (including phenoxy) is 1. The topological polar surface area (TPSA) is 58.6 Å². The third-order valence-corrected chi connectivity index (χ3v) is 2.56. The third kappa shape index (κ3) is 3.21. The van der Waals surface area contributed by atoms with Gasteiger partial charge in [-0.05, 0) is 25.0 Å². The van der Waals surface area contributed by atoms with Crippen LogP contribution in [0.1, 0.15) is 12.8 Å². The smallest absolute Gasteiger partial charge is 0.359 e. The first kappa shape index (κ1) is 11.4. The Morgan fingerprint density at radius 1 is 1.12 bits per heavy atom. The van der Waals surface area contributed by atoms with Crippen molar-refractivity contribution in [2.75, 3.05) is 18.4 Å². The summed E-state index contributed by atoms with van der Waals surface area (Å²) in [5, 5.41) is 2.49. The molecule has 1 aliphatic rings. The second kappa shape index (κ2) is 5.34. The normalized spacial score (nSPS) is 14.5. The maximum Gasteiger partial charge on any atom is 0.420 e. The Hall–Kier alpha value is -2.04. The molecule has 0 radical (unpaired) electrons. The Kier molecular flexibility index (Phi) is 3.59. The van der Waals surface area contributed by atoms with E-state index in [1.807, 2.05) is 6.07 Å². The number of para-hydroxylation sites is 1. The molecule has 5 nitrogen and oxygen atoms in total. The SMILES string of the molecule is O=C(Nc1ccccc1)OC(=O)N1CCCC1. The quantitative estimate of drug-likeness (QED) is 0.759. The van der Waals surface area contributed by atoms with Crippen LogP contribution in [0.3, 0.4) is 0 Å². The van der Waals surface area contributed by atoms with Gasteiger partial charge < -0.3 is 9.64 Å². The minimum absolute atomic E-state index is 0.573. The number of rotatable bonds is 1. The summed E-state index contributed by atoms with van der Waals surface area (Å²) in [4.78, 5) is 24.4. The summed E-state index contributed by atoms with van der Waals surface area (Å²) >= 11 is 0. The number of benzene rings is 1. The van der Waals surface area contributed by atoms with Gasteiger partial charge in [0.05, 0.1) is 0 Å². The van der Waals surface area contributed by atoms with E-state index < -0.39 is 12.2 Å². The predicted molar refractivity (Wildman–Crippen MR) is 62.7 cm³/mol. The second-order valence-corrected chi connectivity index (χ2v) is 3.84. The zero-order chi connectivity index (χ0) is 12.1. The summed E-state index contributed by atoms with van der Waals surface area (Å²) in [5.41, 5.74) is 0.603. The summed E-state index contributed by atoms with van der Waals surface area (Å²) in [6.07, 6.45) is 0.620. The molecule has 1 aliphatic heterocycles. The van der Waals surface area contributed by atoms with Crippen molar-refractivity contribution in [2.24, 2.45) is 0 Å². The number of carbonyl (C=O) groups is 2. The van der Waals surface area contributed by atoms with Gasteiger partial charge >= 0.3 is 12.2 Å². The van der Waals surface area contributed by atoms with Crippen molar-refractivity contribution < 1.29 is 14.3 Å². The molecule has 17 heavy (non-hydrogen) atoms. The number of anilines is 1. The van der Waals surface area contributed by atoms with Crippen LogP contribution in [0.25, 0.3) is 0 Å². The molecule has 0 saturated carbocycles. The minimum atomic E-state index is -0.742. The van der Waals surface area contributed by atoms with Crippen LogP contribution in [-0.4, -0.2) is 30.2 Å². The zero-order valence-corrected chi connectivity index (χ0v) is 9.39. The van der Waals surface area contributed by atoms with Crippen LogP contribution in [0.15, 0.2) is 30.3 Å². The van der Waals surface area contributed by atoms with Gasteiger partial charge in [-0.1, -0.05) is 18.2 Å². The van der Waals surface area contributed by atoms with E-state index in [0.29, 0.717) is 18.8 Å². The standard InChI is InChI=1S/C12H14N2O3/c15-11(13-10-6-2-1-3-7-10)17-12(16)14-8-4-5-9-14/h1-3,6-7H,4-5,8-9H2,(H,13,15). The fourth-order valence-electron chi connectivity index (χ4n) is 1.71. The number of nitrogens with zero attached hydrogens (tertiary/aromatic N) is 1. The van der Waals surface area contributed by atoms with Gasteiger partial charge in [0.2, 0.25) is 0 Å². The van der Waals surface area contributed by atoms with E-state index in [9.17, 15) is 9.59 Å². The Labute approximate surface area is 99.4 Å². The fourth-order valence-corrected chi connectivity index (χ4v) is 1.71. The van der Waals surface area contributed by atoms with Gasteiger partial charge in [-0.2, -0.15) is 0 Å². The summed E-state index contributed by atoms with van der Waals surface area (Å²) < 4.78 is 4.68. The summed E-state index contributed by atoms with van der Waals surface area (Å²) in [7, 11) is 0. The first-order chi connectivity index (χ1) is 8.25. The molecule has 1 N–H and O–H groups in total. The fraction of sp³-hybridized carbons (Fsp3) is 0.333. The molecule has 0 atom stereocenters. The highest BCUT2D eigenvalue weighted by atomic mass is 16.6. The molecule has 1 saturated heterocycles.